The number of hydrogen-bond donors (Lipinski definition) is 1. The molecule has 0 spiro atoms. The Morgan fingerprint density at radius 3 is 2.20 bits per heavy atom. The third kappa shape index (κ3) is 4.13. The summed E-state index contributed by atoms with van der Waals surface area (Å²) in [6.07, 6.45) is 0. The topological polar surface area (TPSA) is 64.8 Å². The van der Waals surface area contributed by atoms with Gasteiger partial charge in [0.15, 0.2) is 0 Å². The Kier molecular flexibility index (Phi) is 6.31. The SMILES string of the molecule is CCN(CC(C)CN)C(=O)c1cc(OC)cc(OC)c1. The third-order valence-electron chi connectivity index (χ3n) is 3.20. The van der Waals surface area contributed by atoms with Crippen LogP contribution in [0.25, 0.3) is 0 Å². The van der Waals surface area contributed by atoms with Crippen LogP contribution in [0.3, 0.4) is 0 Å². The molecule has 2 N–H and O–H groups in total. The van der Waals surface area contributed by atoms with Crippen LogP contribution in [0.4, 0.5) is 0 Å². The Labute approximate surface area is 120 Å². The quantitative estimate of drug-likeness (QED) is 0.826. The van der Waals surface area contributed by atoms with E-state index in [-0.39, 0.29) is 11.8 Å². The Morgan fingerprint density at radius 1 is 1.25 bits per heavy atom. The molecule has 0 saturated carbocycles. The third-order valence-corrected chi connectivity index (χ3v) is 3.20. The molecule has 0 bridgehead atoms. The molecule has 1 atom stereocenters. The second-order valence-corrected chi connectivity index (χ2v) is 4.79. The number of methoxy groups -OCH3 is 2. The lowest BCUT2D eigenvalue weighted by molar-refractivity contribution is 0.0743. The van der Waals surface area contributed by atoms with Crippen LogP contribution < -0.4 is 15.2 Å². The molecule has 1 unspecified atom stereocenters. The number of rotatable bonds is 7. The Bertz CT molecular complexity index is 426. The van der Waals surface area contributed by atoms with Crippen molar-refractivity contribution in [1.82, 2.24) is 4.90 Å². The normalized spacial score (nSPS) is 11.8. The molecule has 0 radical (unpaired) electrons. The maximum atomic E-state index is 12.5. The van der Waals surface area contributed by atoms with Gasteiger partial charge in [-0.3, -0.25) is 4.79 Å². The van der Waals surface area contributed by atoms with E-state index in [1.807, 2.05) is 13.8 Å². The summed E-state index contributed by atoms with van der Waals surface area (Å²) >= 11 is 0. The molecular weight excluding hydrogens is 256 g/mol. The molecule has 1 aromatic carbocycles. The van der Waals surface area contributed by atoms with Crippen molar-refractivity contribution in [1.29, 1.82) is 0 Å². The zero-order chi connectivity index (χ0) is 15.1. The average Bonchev–Trinajstić information content (AvgIpc) is 2.50. The molecule has 112 valence electrons. The maximum Gasteiger partial charge on any atom is 0.254 e. The van der Waals surface area contributed by atoms with Crippen molar-refractivity contribution in [3.05, 3.63) is 23.8 Å². The van der Waals surface area contributed by atoms with Crippen molar-refractivity contribution in [3.8, 4) is 11.5 Å². The van der Waals surface area contributed by atoms with Crippen LogP contribution >= 0.6 is 0 Å². The molecule has 5 heteroatoms. The van der Waals surface area contributed by atoms with Crippen LogP contribution in [0, 0.1) is 5.92 Å². The van der Waals surface area contributed by atoms with E-state index in [9.17, 15) is 4.79 Å². The minimum Gasteiger partial charge on any atom is -0.497 e. The largest absolute Gasteiger partial charge is 0.497 e. The second-order valence-electron chi connectivity index (χ2n) is 4.79. The first-order chi connectivity index (χ1) is 9.55. The lowest BCUT2D eigenvalue weighted by atomic mass is 10.1. The van der Waals surface area contributed by atoms with Gasteiger partial charge in [-0.1, -0.05) is 6.92 Å². The van der Waals surface area contributed by atoms with Crippen molar-refractivity contribution < 1.29 is 14.3 Å². The summed E-state index contributed by atoms with van der Waals surface area (Å²) in [6.45, 7) is 5.83. The van der Waals surface area contributed by atoms with Gasteiger partial charge in [0.2, 0.25) is 0 Å². The van der Waals surface area contributed by atoms with Crippen molar-refractivity contribution in [2.45, 2.75) is 13.8 Å². The van der Waals surface area contributed by atoms with E-state index < -0.39 is 0 Å². The van der Waals surface area contributed by atoms with Gasteiger partial charge < -0.3 is 20.1 Å². The summed E-state index contributed by atoms with van der Waals surface area (Å²) in [6, 6.07) is 5.19. The van der Waals surface area contributed by atoms with Gasteiger partial charge in [-0.05, 0) is 31.5 Å². The van der Waals surface area contributed by atoms with Gasteiger partial charge in [0, 0.05) is 24.7 Å². The molecule has 0 fully saturated rings. The van der Waals surface area contributed by atoms with Crippen LogP contribution in [-0.4, -0.2) is 44.7 Å². The molecule has 0 heterocycles. The number of carbonyl (C=O) groups excluding carboxylic acids is 1. The van der Waals surface area contributed by atoms with E-state index in [1.54, 1.807) is 37.3 Å². The molecule has 1 aromatic rings. The lowest BCUT2D eigenvalue weighted by Gasteiger charge is -2.24. The van der Waals surface area contributed by atoms with Gasteiger partial charge in [-0.25, -0.2) is 0 Å². The van der Waals surface area contributed by atoms with E-state index in [4.69, 9.17) is 15.2 Å². The summed E-state index contributed by atoms with van der Waals surface area (Å²) in [5.41, 5.74) is 6.19. The Morgan fingerprint density at radius 2 is 1.80 bits per heavy atom. The fourth-order valence-electron chi connectivity index (χ4n) is 1.92. The molecule has 0 aromatic heterocycles. The smallest absolute Gasteiger partial charge is 0.254 e. The summed E-state index contributed by atoms with van der Waals surface area (Å²) < 4.78 is 10.4. The predicted octanol–water partition coefficient (Wildman–Crippen LogP) is 1.76. The van der Waals surface area contributed by atoms with Crippen LogP contribution in [-0.2, 0) is 0 Å². The van der Waals surface area contributed by atoms with Crippen molar-refractivity contribution in [2.75, 3.05) is 33.9 Å². The zero-order valence-corrected chi connectivity index (χ0v) is 12.7. The fourth-order valence-corrected chi connectivity index (χ4v) is 1.92. The van der Waals surface area contributed by atoms with E-state index in [0.29, 0.717) is 36.7 Å². The Hall–Kier alpha value is -1.75. The highest BCUT2D eigenvalue weighted by atomic mass is 16.5. The number of ether oxygens (including phenoxy) is 2. The number of amides is 1. The summed E-state index contributed by atoms with van der Waals surface area (Å²) in [5.74, 6) is 1.45. The molecule has 5 nitrogen and oxygen atoms in total. The fraction of sp³-hybridized carbons (Fsp3) is 0.533. The van der Waals surface area contributed by atoms with Gasteiger partial charge in [0.1, 0.15) is 11.5 Å². The highest BCUT2D eigenvalue weighted by molar-refractivity contribution is 5.95. The molecule has 0 aliphatic rings. The van der Waals surface area contributed by atoms with Crippen molar-refractivity contribution in [3.63, 3.8) is 0 Å². The number of nitrogens with zero attached hydrogens (tertiary/aromatic N) is 1. The van der Waals surface area contributed by atoms with Crippen LogP contribution in [0.2, 0.25) is 0 Å². The molecule has 0 aliphatic carbocycles. The monoisotopic (exact) mass is 280 g/mol. The molecular formula is C15H24N2O3. The Balaban J connectivity index is 2.99. The predicted molar refractivity (Wildman–Crippen MR) is 79.3 cm³/mol. The van der Waals surface area contributed by atoms with Gasteiger partial charge in [0.05, 0.1) is 14.2 Å². The van der Waals surface area contributed by atoms with Gasteiger partial charge in [-0.15, -0.1) is 0 Å². The molecule has 0 saturated heterocycles. The maximum absolute atomic E-state index is 12.5. The highest BCUT2D eigenvalue weighted by Gasteiger charge is 2.18. The van der Waals surface area contributed by atoms with Crippen LogP contribution in [0.5, 0.6) is 11.5 Å². The van der Waals surface area contributed by atoms with E-state index in [0.717, 1.165) is 0 Å². The number of nitrogens with two attached hydrogens (primary N) is 1. The zero-order valence-electron chi connectivity index (χ0n) is 12.7. The molecule has 20 heavy (non-hydrogen) atoms. The van der Waals surface area contributed by atoms with Gasteiger partial charge in [-0.2, -0.15) is 0 Å². The molecule has 1 amide bonds. The highest BCUT2D eigenvalue weighted by Crippen LogP contribution is 2.23. The lowest BCUT2D eigenvalue weighted by Crippen LogP contribution is -2.36. The summed E-state index contributed by atoms with van der Waals surface area (Å²) in [4.78, 5) is 14.3. The van der Waals surface area contributed by atoms with Crippen molar-refractivity contribution >= 4 is 5.91 Å². The van der Waals surface area contributed by atoms with E-state index >= 15 is 0 Å². The van der Waals surface area contributed by atoms with Crippen molar-refractivity contribution in [2.24, 2.45) is 11.7 Å². The second kappa shape index (κ2) is 7.75. The average molecular weight is 280 g/mol. The minimum atomic E-state index is -0.0370. The first-order valence-electron chi connectivity index (χ1n) is 6.78. The van der Waals surface area contributed by atoms with Gasteiger partial charge >= 0.3 is 0 Å². The minimum absolute atomic E-state index is 0.0370. The summed E-state index contributed by atoms with van der Waals surface area (Å²) in [7, 11) is 3.13. The first kappa shape index (κ1) is 16.3. The van der Waals surface area contributed by atoms with E-state index in [1.165, 1.54) is 0 Å². The van der Waals surface area contributed by atoms with Gasteiger partial charge in [0.25, 0.3) is 5.91 Å². The summed E-state index contributed by atoms with van der Waals surface area (Å²) in [5, 5.41) is 0. The number of benzene rings is 1. The van der Waals surface area contributed by atoms with Crippen LogP contribution in [0.1, 0.15) is 24.2 Å². The molecule has 1 rings (SSSR count). The van der Waals surface area contributed by atoms with E-state index in [2.05, 4.69) is 0 Å². The molecule has 0 aliphatic heterocycles. The standard InChI is InChI=1S/C15H24N2O3/c1-5-17(10-11(2)9-16)15(18)12-6-13(19-3)8-14(7-12)20-4/h6-8,11H,5,9-10,16H2,1-4H3. The van der Waals surface area contributed by atoms with Crippen LogP contribution in [0.15, 0.2) is 18.2 Å². The number of carbonyl (C=O) groups is 1. The first-order valence-corrected chi connectivity index (χ1v) is 6.78. The number of hydrogen-bond acceptors (Lipinski definition) is 4.